The first kappa shape index (κ1) is 22.5. The molecule has 4 aromatic heterocycles. The van der Waals surface area contributed by atoms with Crippen LogP contribution in [0.15, 0.2) is 29.2 Å². The number of hydrogen-bond acceptors (Lipinski definition) is 6. The van der Waals surface area contributed by atoms with Gasteiger partial charge < -0.3 is 4.98 Å². The Labute approximate surface area is 202 Å². The van der Waals surface area contributed by atoms with Crippen LogP contribution in [0.2, 0.25) is 0 Å². The van der Waals surface area contributed by atoms with Crippen LogP contribution in [0.4, 0.5) is 13.2 Å². The fourth-order valence-electron chi connectivity index (χ4n) is 5.19. The van der Waals surface area contributed by atoms with Gasteiger partial charge >= 0.3 is 6.18 Å². The standard InChI is InChI=1S/C24H21F3N8O/c1-12(13-4-7-19(29-11-13)24(25,26)27)35-22-20(18(10-28)33-35)23(36)31-21(30-22)16-6-5-15(16)17-9-14-3-2-8-34(14)32-17/h4,7,9,11-12,15-16H,2-3,5-6,8H2,1H3,(H,30,31,36)/t12-,15+,16+/m0/s1. The summed E-state index contributed by atoms with van der Waals surface area (Å²) in [4.78, 5) is 24.2. The molecule has 184 valence electrons. The number of rotatable bonds is 4. The second kappa shape index (κ2) is 8.01. The van der Waals surface area contributed by atoms with Crippen molar-refractivity contribution in [2.24, 2.45) is 0 Å². The van der Waals surface area contributed by atoms with Crippen LogP contribution in [0.1, 0.15) is 78.2 Å². The van der Waals surface area contributed by atoms with E-state index in [0.29, 0.717) is 11.4 Å². The normalized spacial score (nSPS) is 20.2. The third-order valence-corrected chi connectivity index (χ3v) is 7.30. The van der Waals surface area contributed by atoms with Crippen LogP contribution in [0, 0.1) is 11.3 Å². The number of halogens is 3. The minimum atomic E-state index is -4.55. The highest BCUT2D eigenvalue weighted by Crippen LogP contribution is 2.48. The van der Waals surface area contributed by atoms with Gasteiger partial charge in [-0.25, -0.2) is 9.67 Å². The molecule has 1 saturated carbocycles. The molecule has 3 atom stereocenters. The molecule has 0 spiro atoms. The highest BCUT2D eigenvalue weighted by molar-refractivity contribution is 5.80. The lowest BCUT2D eigenvalue weighted by atomic mass is 9.71. The summed E-state index contributed by atoms with van der Waals surface area (Å²) in [6.07, 6.45) is 0.448. The zero-order chi connectivity index (χ0) is 25.2. The molecular formula is C24H21F3N8O. The van der Waals surface area contributed by atoms with Crippen molar-refractivity contribution < 1.29 is 13.2 Å². The molecule has 6 rings (SSSR count). The van der Waals surface area contributed by atoms with Crippen molar-refractivity contribution in [2.45, 2.75) is 63.2 Å². The van der Waals surface area contributed by atoms with E-state index in [1.807, 2.05) is 10.8 Å². The number of pyridine rings is 1. The lowest BCUT2D eigenvalue weighted by Crippen LogP contribution is -2.27. The predicted octanol–water partition coefficient (Wildman–Crippen LogP) is 3.82. The van der Waals surface area contributed by atoms with Gasteiger partial charge in [0.1, 0.15) is 23.0 Å². The summed E-state index contributed by atoms with van der Waals surface area (Å²) in [5.41, 5.74) is 1.33. The lowest BCUT2D eigenvalue weighted by Gasteiger charge is -2.34. The lowest BCUT2D eigenvalue weighted by molar-refractivity contribution is -0.141. The van der Waals surface area contributed by atoms with E-state index in [2.05, 4.69) is 21.1 Å². The molecule has 0 radical (unpaired) electrons. The van der Waals surface area contributed by atoms with E-state index in [0.717, 1.165) is 50.2 Å². The van der Waals surface area contributed by atoms with Gasteiger partial charge in [0.2, 0.25) is 0 Å². The van der Waals surface area contributed by atoms with Crippen LogP contribution in [0.3, 0.4) is 0 Å². The van der Waals surface area contributed by atoms with Crippen molar-refractivity contribution in [3.05, 3.63) is 68.9 Å². The fraction of sp³-hybridized carbons (Fsp3) is 0.417. The summed E-state index contributed by atoms with van der Waals surface area (Å²) in [5, 5.41) is 18.7. The number of alkyl halides is 3. The highest BCUT2D eigenvalue weighted by atomic mass is 19.4. The van der Waals surface area contributed by atoms with Gasteiger partial charge in [0.15, 0.2) is 11.3 Å². The Kier molecular flexibility index (Phi) is 5.00. The van der Waals surface area contributed by atoms with E-state index in [9.17, 15) is 23.2 Å². The second-order valence-electron chi connectivity index (χ2n) is 9.38. The molecule has 1 aliphatic carbocycles. The molecule has 0 aromatic carbocycles. The number of aromatic amines is 1. The van der Waals surface area contributed by atoms with Crippen molar-refractivity contribution in [2.75, 3.05) is 0 Å². The van der Waals surface area contributed by atoms with E-state index in [-0.39, 0.29) is 28.6 Å². The Bertz CT molecular complexity index is 1550. The fourth-order valence-corrected chi connectivity index (χ4v) is 5.19. The molecular weight excluding hydrogens is 473 g/mol. The number of H-pyrrole nitrogens is 1. The first-order valence-electron chi connectivity index (χ1n) is 11.8. The minimum Gasteiger partial charge on any atom is -0.310 e. The minimum absolute atomic E-state index is 0.0327. The Morgan fingerprint density at radius 3 is 2.67 bits per heavy atom. The summed E-state index contributed by atoms with van der Waals surface area (Å²) < 4.78 is 42.3. The number of aryl methyl sites for hydroxylation is 2. The van der Waals surface area contributed by atoms with E-state index >= 15 is 0 Å². The zero-order valence-corrected chi connectivity index (χ0v) is 19.2. The Morgan fingerprint density at radius 2 is 2.03 bits per heavy atom. The van der Waals surface area contributed by atoms with E-state index in [1.165, 1.54) is 16.4 Å². The van der Waals surface area contributed by atoms with Gasteiger partial charge in [-0.1, -0.05) is 6.07 Å². The van der Waals surface area contributed by atoms with Gasteiger partial charge in [-0.15, -0.1) is 0 Å². The first-order chi connectivity index (χ1) is 17.2. The molecule has 0 bridgehead atoms. The average molecular weight is 494 g/mol. The molecule has 5 heterocycles. The molecule has 1 fully saturated rings. The maximum absolute atomic E-state index is 13.1. The van der Waals surface area contributed by atoms with Crippen LogP contribution >= 0.6 is 0 Å². The number of hydrogen-bond donors (Lipinski definition) is 1. The summed E-state index contributed by atoms with van der Waals surface area (Å²) in [6, 6.07) is 5.67. The van der Waals surface area contributed by atoms with E-state index in [1.54, 1.807) is 6.92 Å². The van der Waals surface area contributed by atoms with Crippen molar-refractivity contribution in [3.8, 4) is 6.07 Å². The molecule has 4 aromatic rings. The maximum Gasteiger partial charge on any atom is 0.433 e. The van der Waals surface area contributed by atoms with Gasteiger partial charge in [-0.05, 0) is 50.3 Å². The molecule has 1 N–H and O–H groups in total. The predicted molar refractivity (Wildman–Crippen MR) is 121 cm³/mol. The number of aromatic nitrogens is 7. The largest absolute Gasteiger partial charge is 0.433 e. The van der Waals surface area contributed by atoms with Gasteiger partial charge in [-0.3, -0.25) is 14.5 Å². The van der Waals surface area contributed by atoms with Crippen molar-refractivity contribution in [1.29, 1.82) is 5.26 Å². The van der Waals surface area contributed by atoms with E-state index < -0.39 is 23.5 Å². The number of fused-ring (bicyclic) bond motifs is 2. The molecule has 12 heteroatoms. The van der Waals surface area contributed by atoms with Crippen LogP contribution in [-0.2, 0) is 19.1 Å². The molecule has 9 nitrogen and oxygen atoms in total. The maximum atomic E-state index is 13.1. The van der Waals surface area contributed by atoms with Crippen molar-refractivity contribution >= 4 is 11.0 Å². The Hall–Kier alpha value is -4.01. The molecule has 2 aliphatic rings. The average Bonchev–Trinajstić information content (AvgIpc) is 3.51. The van der Waals surface area contributed by atoms with Gasteiger partial charge in [0.05, 0.1) is 11.7 Å². The zero-order valence-electron chi connectivity index (χ0n) is 19.2. The van der Waals surface area contributed by atoms with E-state index in [4.69, 9.17) is 10.1 Å². The Morgan fingerprint density at radius 1 is 1.22 bits per heavy atom. The molecule has 36 heavy (non-hydrogen) atoms. The molecule has 0 amide bonds. The second-order valence-corrected chi connectivity index (χ2v) is 9.38. The number of nitrogens with one attached hydrogen (secondary N) is 1. The monoisotopic (exact) mass is 494 g/mol. The smallest absolute Gasteiger partial charge is 0.310 e. The highest BCUT2D eigenvalue weighted by Gasteiger charge is 2.38. The number of nitrogens with zero attached hydrogens (tertiary/aromatic N) is 7. The first-order valence-corrected chi connectivity index (χ1v) is 11.8. The van der Waals surface area contributed by atoms with Crippen molar-refractivity contribution in [3.63, 3.8) is 0 Å². The van der Waals surface area contributed by atoms with Crippen molar-refractivity contribution in [1.82, 2.24) is 34.5 Å². The van der Waals surface area contributed by atoms with Gasteiger partial charge in [0, 0.05) is 30.3 Å². The van der Waals surface area contributed by atoms with Crippen LogP contribution in [-0.4, -0.2) is 34.5 Å². The number of nitriles is 1. The van der Waals surface area contributed by atoms with Crippen LogP contribution < -0.4 is 5.56 Å². The quantitative estimate of drug-likeness (QED) is 0.461. The topological polar surface area (TPSA) is 118 Å². The third kappa shape index (κ3) is 3.49. The third-order valence-electron chi connectivity index (χ3n) is 7.30. The SMILES string of the molecule is C[C@@H](c1ccc(C(F)(F)F)nc1)n1nc(C#N)c2c(=O)[nH]c([C@@H]3CC[C@H]3c3cc4n(n3)CCC4)nc21. The molecule has 0 unspecified atom stereocenters. The molecule has 0 saturated heterocycles. The van der Waals surface area contributed by atoms with Gasteiger partial charge in [-0.2, -0.15) is 28.6 Å². The summed E-state index contributed by atoms with van der Waals surface area (Å²) >= 11 is 0. The Balaban J connectivity index is 1.39. The summed E-state index contributed by atoms with van der Waals surface area (Å²) in [7, 11) is 0. The van der Waals surface area contributed by atoms with Crippen LogP contribution in [0.25, 0.3) is 11.0 Å². The van der Waals surface area contributed by atoms with Gasteiger partial charge in [0.25, 0.3) is 5.56 Å². The summed E-state index contributed by atoms with van der Waals surface area (Å²) in [6.45, 7) is 2.62. The van der Waals surface area contributed by atoms with Crippen LogP contribution in [0.5, 0.6) is 0 Å². The molecule has 1 aliphatic heterocycles. The summed E-state index contributed by atoms with van der Waals surface area (Å²) in [5.74, 6) is 0.599.